The van der Waals surface area contributed by atoms with E-state index in [-0.39, 0.29) is 41.4 Å². The number of halogens is 1. The summed E-state index contributed by atoms with van der Waals surface area (Å²) in [5.41, 5.74) is 2.38. The van der Waals surface area contributed by atoms with Crippen LogP contribution in [-0.4, -0.2) is 49.6 Å². The molecule has 0 spiro atoms. The van der Waals surface area contributed by atoms with Crippen molar-refractivity contribution in [1.82, 2.24) is 10.3 Å². The maximum absolute atomic E-state index is 13.3. The number of amides is 1. The molecule has 1 aromatic heterocycles. The van der Waals surface area contributed by atoms with Gasteiger partial charge in [0.15, 0.2) is 23.0 Å². The summed E-state index contributed by atoms with van der Waals surface area (Å²) in [7, 11) is 2.87. The molecule has 3 heterocycles. The molecule has 0 radical (unpaired) electrons. The Morgan fingerprint density at radius 2 is 1.76 bits per heavy atom. The van der Waals surface area contributed by atoms with Crippen LogP contribution in [-0.2, 0) is 9.53 Å². The zero-order chi connectivity index (χ0) is 26.6. The number of phenolic OH excluding ortho intramolecular Hbond substituents is 1. The van der Waals surface area contributed by atoms with Gasteiger partial charge in [0.1, 0.15) is 5.15 Å². The van der Waals surface area contributed by atoms with Gasteiger partial charge in [0.05, 0.1) is 38.3 Å². The molecule has 2 N–H and O–H groups in total. The van der Waals surface area contributed by atoms with Gasteiger partial charge in [-0.15, -0.1) is 0 Å². The van der Waals surface area contributed by atoms with E-state index < -0.39 is 35.7 Å². The van der Waals surface area contributed by atoms with Crippen LogP contribution in [0, 0.1) is 11.8 Å². The number of aromatic hydroxyl groups is 1. The number of nitrogens with zero attached hydrogens (tertiary/aromatic N) is 1. The van der Waals surface area contributed by atoms with E-state index in [0.717, 1.165) is 11.1 Å². The standard InChI is InChI=1S/C27H23ClN2O8/c1-34-19-6-12(7-20(35-2)24(19)31)21-14-8-17-18(38-11-37-17)9-15(14)23(16-10-36-27(33)22(16)21)30-26(32)13-4-3-5-29-25(13)28/h3-9,16,21-23,31H,10-11H2,1-2H3,(H,30,32)/t16-,21-,22-,23-/m0/s1. The molecule has 4 atom stereocenters. The molecular formula is C27H23ClN2O8. The summed E-state index contributed by atoms with van der Waals surface area (Å²) in [6, 6.07) is 9.61. The highest BCUT2D eigenvalue weighted by molar-refractivity contribution is 6.32. The predicted octanol–water partition coefficient (Wildman–Crippen LogP) is 3.59. The number of pyridine rings is 1. The van der Waals surface area contributed by atoms with Crippen LogP contribution in [0.1, 0.15) is 39.0 Å². The molecule has 3 aromatic rings. The summed E-state index contributed by atoms with van der Waals surface area (Å²) >= 11 is 6.19. The molecule has 196 valence electrons. The molecule has 38 heavy (non-hydrogen) atoms. The first-order chi connectivity index (χ1) is 18.4. The zero-order valence-corrected chi connectivity index (χ0v) is 21.2. The van der Waals surface area contributed by atoms with Gasteiger partial charge >= 0.3 is 5.97 Å². The van der Waals surface area contributed by atoms with Gasteiger partial charge in [0.25, 0.3) is 5.91 Å². The molecule has 1 aliphatic carbocycles. The number of fused-ring (bicyclic) bond motifs is 3. The third kappa shape index (κ3) is 3.75. The monoisotopic (exact) mass is 538 g/mol. The molecular weight excluding hydrogens is 516 g/mol. The Labute approximate surface area is 222 Å². The van der Waals surface area contributed by atoms with E-state index in [2.05, 4.69) is 10.3 Å². The van der Waals surface area contributed by atoms with Crippen LogP contribution in [0.3, 0.4) is 0 Å². The van der Waals surface area contributed by atoms with Crippen LogP contribution in [0.4, 0.5) is 0 Å². The van der Waals surface area contributed by atoms with Crippen LogP contribution in [0.25, 0.3) is 0 Å². The van der Waals surface area contributed by atoms with Gasteiger partial charge in [-0.1, -0.05) is 11.6 Å². The summed E-state index contributed by atoms with van der Waals surface area (Å²) in [5, 5.41) is 13.6. The van der Waals surface area contributed by atoms with Crippen molar-refractivity contribution in [2.75, 3.05) is 27.6 Å². The molecule has 6 rings (SSSR count). The smallest absolute Gasteiger partial charge is 0.310 e. The number of rotatable bonds is 5. The van der Waals surface area contributed by atoms with Gasteiger partial charge < -0.3 is 34.1 Å². The highest BCUT2D eigenvalue weighted by atomic mass is 35.5. The van der Waals surface area contributed by atoms with Crippen molar-refractivity contribution in [1.29, 1.82) is 0 Å². The average molecular weight is 539 g/mol. The van der Waals surface area contributed by atoms with Gasteiger partial charge in [0.2, 0.25) is 12.5 Å². The minimum absolute atomic E-state index is 0.0565. The SMILES string of the molecule is COc1cc([C@H]2c3cc4c(cc3[C@H](NC(=O)c3cccnc3Cl)[C@H]3COC(=O)[C@H]23)OCO4)cc(OC)c1O. The van der Waals surface area contributed by atoms with Crippen molar-refractivity contribution < 1.29 is 38.4 Å². The quantitative estimate of drug-likeness (QED) is 0.370. The molecule has 0 bridgehead atoms. The van der Waals surface area contributed by atoms with Crippen molar-refractivity contribution in [3.8, 4) is 28.7 Å². The van der Waals surface area contributed by atoms with Gasteiger partial charge in [0, 0.05) is 18.0 Å². The van der Waals surface area contributed by atoms with Gasteiger partial charge in [-0.25, -0.2) is 4.98 Å². The lowest BCUT2D eigenvalue weighted by Crippen LogP contribution is -2.43. The molecule has 10 nitrogen and oxygen atoms in total. The average Bonchev–Trinajstić information content (AvgIpc) is 3.54. The molecule has 11 heteroatoms. The number of nitrogens with one attached hydrogen (secondary N) is 1. The maximum atomic E-state index is 13.3. The summed E-state index contributed by atoms with van der Waals surface area (Å²) in [4.78, 5) is 30.6. The van der Waals surface area contributed by atoms with Crippen LogP contribution in [0.2, 0.25) is 5.15 Å². The van der Waals surface area contributed by atoms with Crippen molar-refractivity contribution in [2.24, 2.45) is 11.8 Å². The second kappa shape index (κ2) is 9.29. The minimum atomic E-state index is -0.656. The van der Waals surface area contributed by atoms with Crippen molar-refractivity contribution in [3.63, 3.8) is 0 Å². The number of phenols is 1. The maximum Gasteiger partial charge on any atom is 0.310 e. The number of hydrogen-bond acceptors (Lipinski definition) is 9. The van der Waals surface area contributed by atoms with Gasteiger partial charge in [-0.2, -0.15) is 0 Å². The third-order valence-corrected chi connectivity index (χ3v) is 7.64. The van der Waals surface area contributed by atoms with Crippen LogP contribution >= 0.6 is 11.6 Å². The van der Waals surface area contributed by atoms with Gasteiger partial charge in [-0.05, 0) is 53.1 Å². The molecule has 3 aliphatic rings. The zero-order valence-electron chi connectivity index (χ0n) is 20.4. The number of benzene rings is 2. The first-order valence-corrected chi connectivity index (χ1v) is 12.3. The summed E-state index contributed by atoms with van der Waals surface area (Å²) in [5.74, 6) is -1.10. The van der Waals surface area contributed by atoms with E-state index in [1.807, 2.05) is 12.1 Å². The summed E-state index contributed by atoms with van der Waals surface area (Å²) in [6.45, 7) is 0.160. The second-order valence-corrected chi connectivity index (χ2v) is 9.56. The van der Waals surface area contributed by atoms with E-state index in [9.17, 15) is 14.7 Å². The minimum Gasteiger partial charge on any atom is -0.502 e. The Balaban J connectivity index is 1.52. The Bertz CT molecular complexity index is 1440. The Morgan fingerprint density at radius 3 is 2.42 bits per heavy atom. The Hall–Kier alpha value is -4.18. The van der Waals surface area contributed by atoms with Gasteiger partial charge in [-0.3, -0.25) is 9.59 Å². The molecule has 1 fully saturated rings. The van der Waals surface area contributed by atoms with Crippen LogP contribution in [0.5, 0.6) is 28.7 Å². The van der Waals surface area contributed by atoms with Crippen molar-refractivity contribution in [3.05, 3.63) is 70.0 Å². The van der Waals surface area contributed by atoms with E-state index in [1.165, 1.54) is 20.4 Å². The molecule has 0 unspecified atom stereocenters. The number of hydrogen-bond donors (Lipinski definition) is 2. The number of carbonyl (C=O) groups excluding carboxylic acids is 2. The summed E-state index contributed by atoms with van der Waals surface area (Å²) in [6.07, 6.45) is 1.50. The second-order valence-electron chi connectivity index (χ2n) is 9.20. The third-order valence-electron chi connectivity index (χ3n) is 7.34. The van der Waals surface area contributed by atoms with Crippen molar-refractivity contribution in [2.45, 2.75) is 12.0 Å². The molecule has 0 saturated carbocycles. The van der Waals surface area contributed by atoms with E-state index >= 15 is 0 Å². The highest BCUT2D eigenvalue weighted by Gasteiger charge is 2.53. The largest absolute Gasteiger partial charge is 0.502 e. The lowest BCUT2D eigenvalue weighted by molar-refractivity contribution is -0.141. The number of aromatic nitrogens is 1. The fourth-order valence-corrected chi connectivity index (χ4v) is 5.82. The first kappa shape index (κ1) is 24.2. The number of esters is 1. The van der Waals surface area contributed by atoms with Crippen molar-refractivity contribution >= 4 is 23.5 Å². The number of methoxy groups -OCH3 is 2. The number of cyclic esters (lactones) is 1. The number of ether oxygens (including phenoxy) is 5. The lowest BCUT2D eigenvalue weighted by atomic mass is 9.65. The highest BCUT2D eigenvalue weighted by Crippen LogP contribution is 2.55. The Morgan fingerprint density at radius 1 is 1.08 bits per heavy atom. The van der Waals surface area contributed by atoms with E-state index in [1.54, 1.807) is 24.3 Å². The number of carbonyl (C=O) groups is 2. The van der Waals surface area contributed by atoms with E-state index in [4.69, 9.17) is 35.3 Å². The normalized spacial score (nSPS) is 22.8. The molecule has 2 aliphatic heterocycles. The Kier molecular flexibility index (Phi) is 5.91. The fourth-order valence-electron chi connectivity index (χ4n) is 5.62. The lowest BCUT2D eigenvalue weighted by Gasteiger charge is -2.39. The summed E-state index contributed by atoms with van der Waals surface area (Å²) < 4.78 is 27.6. The first-order valence-electron chi connectivity index (χ1n) is 11.9. The fraction of sp³-hybridized carbons (Fsp3) is 0.296. The van der Waals surface area contributed by atoms with Crippen LogP contribution < -0.4 is 24.3 Å². The topological polar surface area (TPSA) is 125 Å². The van der Waals surface area contributed by atoms with Crippen LogP contribution in [0.15, 0.2) is 42.6 Å². The van der Waals surface area contributed by atoms with E-state index in [0.29, 0.717) is 17.1 Å². The molecule has 1 amide bonds. The predicted molar refractivity (Wildman–Crippen MR) is 133 cm³/mol. The molecule has 2 aromatic carbocycles. The molecule has 1 saturated heterocycles.